The lowest BCUT2D eigenvalue weighted by Crippen LogP contribution is -2.51. The number of likely N-dealkylation sites (tertiary alicyclic amines) is 2. The first-order valence-corrected chi connectivity index (χ1v) is 13.3. The van der Waals surface area contributed by atoms with Crippen molar-refractivity contribution in [2.75, 3.05) is 36.8 Å². The van der Waals surface area contributed by atoms with Gasteiger partial charge in [0.25, 0.3) is 0 Å². The predicted molar refractivity (Wildman–Crippen MR) is 148 cm³/mol. The van der Waals surface area contributed by atoms with E-state index >= 15 is 0 Å². The van der Waals surface area contributed by atoms with Gasteiger partial charge in [-0.25, -0.2) is 19.0 Å². The second kappa shape index (κ2) is 12.6. The molecule has 0 saturated carbocycles. The minimum atomic E-state index is -0.840. The second-order valence-corrected chi connectivity index (χ2v) is 9.82. The molecule has 2 saturated heterocycles. The van der Waals surface area contributed by atoms with Crippen molar-refractivity contribution in [2.45, 2.75) is 31.7 Å². The Morgan fingerprint density at radius 3 is 2.38 bits per heavy atom. The van der Waals surface area contributed by atoms with Gasteiger partial charge in [0.2, 0.25) is 5.91 Å². The van der Waals surface area contributed by atoms with Gasteiger partial charge in [-0.15, -0.1) is 0 Å². The van der Waals surface area contributed by atoms with Crippen LogP contribution in [0.1, 0.15) is 24.8 Å². The van der Waals surface area contributed by atoms with E-state index in [1.54, 1.807) is 41.3 Å². The molecule has 5 amide bonds. The predicted octanol–water partition coefficient (Wildman–Crippen LogP) is 4.61. The molecule has 0 radical (unpaired) electrons. The van der Waals surface area contributed by atoms with Gasteiger partial charge in [-0.1, -0.05) is 30.3 Å². The number of piperidine rings is 1. The third-order valence-corrected chi connectivity index (χ3v) is 7.01. The highest BCUT2D eigenvalue weighted by Gasteiger charge is 2.29. The maximum Gasteiger partial charge on any atom is 0.325 e. The van der Waals surface area contributed by atoms with Gasteiger partial charge >= 0.3 is 12.1 Å². The van der Waals surface area contributed by atoms with Crippen LogP contribution in [0.2, 0.25) is 0 Å². The van der Waals surface area contributed by atoms with E-state index in [0.29, 0.717) is 30.7 Å². The molecule has 2 aliphatic rings. The number of aromatic nitrogens is 1. The van der Waals surface area contributed by atoms with Crippen molar-refractivity contribution in [3.8, 4) is 11.5 Å². The number of rotatable bonds is 7. The van der Waals surface area contributed by atoms with E-state index in [4.69, 9.17) is 4.74 Å². The Morgan fingerprint density at radius 2 is 1.68 bits per heavy atom. The molecule has 2 aliphatic heterocycles. The Bertz CT molecular complexity index is 1360. The number of amides is 5. The van der Waals surface area contributed by atoms with Crippen LogP contribution in [0.5, 0.6) is 11.5 Å². The highest BCUT2D eigenvalue weighted by Crippen LogP contribution is 2.27. The van der Waals surface area contributed by atoms with E-state index in [1.165, 1.54) is 24.8 Å². The minimum Gasteiger partial charge on any atom is -0.457 e. The van der Waals surface area contributed by atoms with Gasteiger partial charge in [0.15, 0.2) is 0 Å². The van der Waals surface area contributed by atoms with E-state index in [0.717, 1.165) is 37.6 Å². The number of nitrogens with zero attached hydrogens (tertiary/aromatic N) is 3. The summed E-state index contributed by atoms with van der Waals surface area (Å²) in [7, 11) is 0. The van der Waals surface area contributed by atoms with Gasteiger partial charge in [0.1, 0.15) is 23.1 Å². The molecule has 11 heteroatoms. The average Bonchev–Trinajstić information content (AvgIpc) is 2.90. The topological polar surface area (TPSA) is 116 Å². The number of ether oxygens (including phenoxy) is 1. The number of imide groups is 1. The van der Waals surface area contributed by atoms with Crippen LogP contribution in [0.3, 0.4) is 0 Å². The van der Waals surface area contributed by atoms with Crippen LogP contribution in [0.4, 0.5) is 25.5 Å². The number of benzene rings is 2. The van der Waals surface area contributed by atoms with Crippen molar-refractivity contribution in [1.82, 2.24) is 20.1 Å². The lowest BCUT2D eigenvalue weighted by atomic mass is 10.00. The quantitative estimate of drug-likeness (QED) is 0.399. The molecule has 0 atom stereocenters. The Kier molecular flexibility index (Phi) is 8.50. The molecule has 0 aliphatic carbocycles. The molecule has 0 bridgehead atoms. The summed E-state index contributed by atoms with van der Waals surface area (Å²) in [5.41, 5.74) is 0.638. The second-order valence-electron chi connectivity index (χ2n) is 9.82. The maximum absolute atomic E-state index is 14.7. The van der Waals surface area contributed by atoms with E-state index < -0.39 is 17.8 Å². The number of pyridine rings is 1. The Balaban J connectivity index is 1.11. The summed E-state index contributed by atoms with van der Waals surface area (Å²) in [5, 5.41) is 7.32. The van der Waals surface area contributed by atoms with Crippen molar-refractivity contribution < 1.29 is 23.5 Å². The van der Waals surface area contributed by atoms with Crippen LogP contribution in [0.25, 0.3) is 0 Å². The molecule has 2 fully saturated rings. The Hall–Kier alpha value is -4.51. The molecule has 3 aromatic rings. The number of urea groups is 2. The first kappa shape index (κ1) is 27.1. The fraction of sp³-hybridized carbons (Fsp3) is 0.310. The minimum absolute atomic E-state index is 0.0229. The van der Waals surface area contributed by atoms with Gasteiger partial charge in [-0.2, -0.15) is 0 Å². The largest absolute Gasteiger partial charge is 0.457 e. The smallest absolute Gasteiger partial charge is 0.325 e. The molecule has 2 aromatic carbocycles. The third kappa shape index (κ3) is 7.11. The van der Waals surface area contributed by atoms with Crippen LogP contribution >= 0.6 is 0 Å². The Morgan fingerprint density at radius 1 is 0.925 bits per heavy atom. The fourth-order valence-electron chi connectivity index (χ4n) is 4.77. The summed E-state index contributed by atoms with van der Waals surface area (Å²) in [5.74, 6) is -0.401. The van der Waals surface area contributed by atoms with E-state index in [9.17, 15) is 18.8 Å². The first-order valence-electron chi connectivity index (χ1n) is 13.3. The summed E-state index contributed by atoms with van der Waals surface area (Å²) >= 11 is 0. The molecule has 10 nitrogen and oxygen atoms in total. The van der Waals surface area contributed by atoms with Gasteiger partial charge in [0.05, 0.1) is 12.1 Å². The van der Waals surface area contributed by atoms with E-state index in [-0.39, 0.29) is 23.9 Å². The van der Waals surface area contributed by atoms with Crippen molar-refractivity contribution in [1.29, 1.82) is 0 Å². The molecule has 5 rings (SSSR count). The SMILES string of the molecule is O=C(Cc1ccccc1)NC(=O)Nc1ccc(Oc2ccnc(NC(=O)N3CCC(N4CCC4)CC3)c2)cc1F. The van der Waals surface area contributed by atoms with Crippen molar-refractivity contribution in [2.24, 2.45) is 0 Å². The van der Waals surface area contributed by atoms with Crippen LogP contribution in [-0.2, 0) is 11.2 Å². The number of carbonyl (C=O) groups excluding carboxylic acids is 3. The zero-order valence-corrected chi connectivity index (χ0v) is 21.9. The number of halogens is 1. The van der Waals surface area contributed by atoms with Gasteiger partial charge in [-0.05, 0) is 56.1 Å². The zero-order valence-electron chi connectivity index (χ0n) is 21.9. The molecule has 40 heavy (non-hydrogen) atoms. The molecule has 0 spiro atoms. The van der Waals surface area contributed by atoms with Gasteiger partial charge in [0, 0.05) is 37.5 Å². The number of hydrogen-bond acceptors (Lipinski definition) is 6. The van der Waals surface area contributed by atoms with Crippen molar-refractivity contribution in [3.63, 3.8) is 0 Å². The maximum atomic E-state index is 14.7. The lowest BCUT2D eigenvalue weighted by Gasteiger charge is -2.42. The summed E-state index contributed by atoms with van der Waals surface area (Å²) in [6.07, 6.45) is 4.70. The molecule has 1 aromatic heterocycles. The van der Waals surface area contributed by atoms with Crippen molar-refractivity contribution >= 4 is 29.5 Å². The first-order chi connectivity index (χ1) is 19.4. The highest BCUT2D eigenvalue weighted by atomic mass is 19.1. The molecule has 3 N–H and O–H groups in total. The summed E-state index contributed by atoms with van der Waals surface area (Å²) in [6, 6.07) is 15.5. The lowest BCUT2D eigenvalue weighted by molar-refractivity contribution is -0.119. The average molecular weight is 547 g/mol. The number of hydrogen-bond donors (Lipinski definition) is 3. The molecular weight excluding hydrogens is 515 g/mol. The monoisotopic (exact) mass is 546 g/mol. The number of carbonyl (C=O) groups is 3. The zero-order chi connectivity index (χ0) is 27.9. The Labute approximate surface area is 231 Å². The molecule has 3 heterocycles. The van der Waals surface area contributed by atoms with Gasteiger partial charge < -0.3 is 19.9 Å². The van der Waals surface area contributed by atoms with Crippen LogP contribution in [0.15, 0.2) is 66.9 Å². The van der Waals surface area contributed by atoms with Crippen molar-refractivity contribution in [3.05, 3.63) is 78.2 Å². The van der Waals surface area contributed by atoms with Crippen LogP contribution in [0, 0.1) is 5.82 Å². The third-order valence-electron chi connectivity index (χ3n) is 7.01. The summed E-state index contributed by atoms with van der Waals surface area (Å²) < 4.78 is 20.4. The van der Waals surface area contributed by atoms with E-state index in [2.05, 4.69) is 25.8 Å². The normalized spacial score (nSPS) is 15.6. The number of nitrogens with one attached hydrogen (secondary N) is 3. The summed E-state index contributed by atoms with van der Waals surface area (Å²) in [6.45, 7) is 3.70. The molecule has 0 unspecified atom stereocenters. The van der Waals surface area contributed by atoms with Gasteiger partial charge in [-0.3, -0.25) is 15.4 Å². The fourth-order valence-corrected chi connectivity index (χ4v) is 4.77. The van der Waals surface area contributed by atoms with Crippen LogP contribution < -0.4 is 20.7 Å². The van der Waals surface area contributed by atoms with E-state index in [1.807, 2.05) is 6.07 Å². The summed E-state index contributed by atoms with van der Waals surface area (Å²) in [4.78, 5) is 45.4. The van der Waals surface area contributed by atoms with Crippen LogP contribution in [-0.4, -0.2) is 65.0 Å². The number of anilines is 2. The molecular formula is C29H31FN6O4. The molecule has 208 valence electrons. The standard InChI is InChI=1S/C29H31FN6O4/c30-24-18-22(7-8-25(24)32-28(38)34-27(37)17-20-5-2-1-3-6-20)40-23-9-12-31-26(19-23)33-29(39)36-15-10-21(11-16-36)35-13-4-14-35/h1-3,5-9,12,18-19,21H,4,10-11,13-17H2,(H,31,33,39)(H2,32,34,37,38). The highest BCUT2D eigenvalue weighted by molar-refractivity contribution is 6.01.